The zero-order valence-electron chi connectivity index (χ0n) is 6.46. The molecule has 3 heteroatoms. The Hall–Kier alpha value is -0.180. The molecule has 0 aliphatic carbocycles. The summed E-state index contributed by atoms with van der Waals surface area (Å²) in [5.74, 6) is 1.17. The van der Waals surface area contributed by atoms with Crippen molar-refractivity contribution in [3.05, 3.63) is 0 Å². The van der Waals surface area contributed by atoms with Crippen molar-refractivity contribution in [3.63, 3.8) is 0 Å². The van der Waals surface area contributed by atoms with E-state index in [1.54, 1.807) is 18.7 Å². The second-order valence-electron chi connectivity index (χ2n) is 2.22. The number of hydrogen-bond donors (Lipinski definition) is 1. The van der Waals surface area contributed by atoms with Crippen LogP contribution in [0.15, 0.2) is 0 Å². The van der Waals surface area contributed by atoms with Crippen LogP contribution in [0, 0.1) is 5.92 Å². The lowest BCUT2D eigenvalue weighted by Gasteiger charge is -2.03. The maximum Gasteiger partial charge on any atom is 0.306 e. The van der Waals surface area contributed by atoms with Crippen LogP contribution in [0.5, 0.6) is 0 Å². The van der Waals surface area contributed by atoms with E-state index in [4.69, 9.17) is 5.11 Å². The summed E-state index contributed by atoms with van der Waals surface area (Å²) in [4.78, 5) is 10.3. The van der Waals surface area contributed by atoms with Crippen LogP contribution in [-0.2, 0) is 4.79 Å². The molecule has 10 heavy (non-hydrogen) atoms. The van der Waals surface area contributed by atoms with E-state index in [-0.39, 0.29) is 5.92 Å². The molecule has 1 unspecified atom stereocenters. The van der Waals surface area contributed by atoms with E-state index >= 15 is 0 Å². The molecule has 0 spiro atoms. The zero-order chi connectivity index (χ0) is 7.98. The lowest BCUT2D eigenvalue weighted by molar-refractivity contribution is -0.141. The van der Waals surface area contributed by atoms with Gasteiger partial charge in [-0.1, -0.05) is 13.8 Å². The van der Waals surface area contributed by atoms with E-state index in [2.05, 4.69) is 6.92 Å². The Bertz CT molecular complexity index is 104. The van der Waals surface area contributed by atoms with Gasteiger partial charge in [0.15, 0.2) is 0 Å². The minimum Gasteiger partial charge on any atom is -0.481 e. The van der Waals surface area contributed by atoms with E-state index < -0.39 is 5.97 Å². The highest BCUT2D eigenvalue weighted by Crippen LogP contribution is 2.08. The van der Waals surface area contributed by atoms with Crippen LogP contribution in [-0.4, -0.2) is 22.6 Å². The number of rotatable bonds is 5. The molecule has 0 fully saturated rings. The first-order chi connectivity index (χ1) is 4.68. The number of carbonyl (C=O) groups is 1. The third kappa shape index (κ3) is 4.68. The van der Waals surface area contributed by atoms with Crippen LogP contribution in [0.1, 0.15) is 20.3 Å². The SMILES string of the molecule is CCSCCC(C)C(=O)O. The standard InChI is InChI=1S/C7H14O2S/c1-3-10-5-4-6(2)7(8)9/h6H,3-5H2,1-2H3,(H,8,9). The predicted molar refractivity (Wildman–Crippen MR) is 44.4 cm³/mol. The number of carboxylic acids is 1. The molecule has 0 aromatic heterocycles. The van der Waals surface area contributed by atoms with Gasteiger partial charge in [-0.05, 0) is 17.9 Å². The predicted octanol–water partition coefficient (Wildman–Crippen LogP) is 1.85. The Kier molecular flexibility index (Phi) is 5.49. The minimum absolute atomic E-state index is 0.181. The van der Waals surface area contributed by atoms with Gasteiger partial charge in [0.25, 0.3) is 0 Å². The Morgan fingerprint density at radius 3 is 2.70 bits per heavy atom. The van der Waals surface area contributed by atoms with Crippen LogP contribution in [0.3, 0.4) is 0 Å². The lowest BCUT2D eigenvalue weighted by Crippen LogP contribution is -2.09. The van der Waals surface area contributed by atoms with E-state index in [0.717, 1.165) is 17.9 Å². The molecule has 0 aromatic rings. The summed E-state index contributed by atoms with van der Waals surface area (Å²) >= 11 is 1.79. The van der Waals surface area contributed by atoms with Gasteiger partial charge >= 0.3 is 5.97 Å². The van der Waals surface area contributed by atoms with Gasteiger partial charge in [-0.25, -0.2) is 0 Å². The summed E-state index contributed by atoms with van der Waals surface area (Å²) in [6.07, 6.45) is 0.786. The van der Waals surface area contributed by atoms with Crippen molar-refractivity contribution in [2.75, 3.05) is 11.5 Å². The molecule has 0 saturated carbocycles. The highest BCUT2D eigenvalue weighted by Gasteiger charge is 2.08. The van der Waals surface area contributed by atoms with Crippen molar-refractivity contribution in [3.8, 4) is 0 Å². The molecule has 0 heterocycles. The van der Waals surface area contributed by atoms with Crippen LogP contribution < -0.4 is 0 Å². The summed E-state index contributed by atoms with van der Waals surface area (Å²) < 4.78 is 0. The van der Waals surface area contributed by atoms with Crippen LogP contribution in [0.25, 0.3) is 0 Å². The van der Waals surface area contributed by atoms with Gasteiger partial charge in [0, 0.05) is 0 Å². The molecule has 0 aromatic carbocycles. The van der Waals surface area contributed by atoms with Gasteiger partial charge in [0.2, 0.25) is 0 Å². The van der Waals surface area contributed by atoms with E-state index in [1.807, 2.05) is 0 Å². The number of thioether (sulfide) groups is 1. The maximum absolute atomic E-state index is 10.3. The molecule has 2 nitrogen and oxygen atoms in total. The molecule has 0 saturated heterocycles. The molecule has 0 aliphatic rings. The van der Waals surface area contributed by atoms with Crippen molar-refractivity contribution < 1.29 is 9.90 Å². The maximum atomic E-state index is 10.3. The van der Waals surface area contributed by atoms with E-state index in [0.29, 0.717) is 0 Å². The first kappa shape index (κ1) is 9.82. The van der Waals surface area contributed by atoms with Crippen molar-refractivity contribution in [2.24, 2.45) is 5.92 Å². The molecule has 60 valence electrons. The molecule has 0 amide bonds. The molecule has 0 aliphatic heterocycles. The number of carboxylic acid groups (broad SMARTS) is 1. The normalized spacial score (nSPS) is 13.0. The van der Waals surface area contributed by atoms with E-state index in [9.17, 15) is 4.79 Å². The van der Waals surface area contributed by atoms with Crippen molar-refractivity contribution in [1.29, 1.82) is 0 Å². The Morgan fingerprint density at radius 2 is 2.30 bits per heavy atom. The fourth-order valence-corrected chi connectivity index (χ4v) is 1.34. The lowest BCUT2D eigenvalue weighted by atomic mass is 10.1. The number of hydrogen-bond acceptors (Lipinski definition) is 2. The van der Waals surface area contributed by atoms with Crippen LogP contribution >= 0.6 is 11.8 Å². The summed E-state index contributed by atoms with van der Waals surface area (Å²) in [5.41, 5.74) is 0. The summed E-state index contributed by atoms with van der Waals surface area (Å²) in [6, 6.07) is 0. The molecule has 1 atom stereocenters. The summed E-state index contributed by atoms with van der Waals surface area (Å²) in [6.45, 7) is 3.83. The molecule has 0 radical (unpaired) electrons. The fraction of sp³-hybridized carbons (Fsp3) is 0.857. The van der Waals surface area contributed by atoms with Crippen molar-refractivity contribution in [2.45, 2.75) is 20.3 Å². The first-order valence-corrected chi connectivity index (χ1v) is 4.64. The van der Waals surface area contributed by atoms with Crippen molar-refractivity contribution in [1.82, 2.24) is 0 Å². The molecule has 0 rings (SSSR count). The van der Waals surface area contributed by atoms with Gasteiger partial charge in [0.1, 0.15) is 0 Å². The van der Waals surface area contributed by atoms with Crippen LogP contribution in [0.2, 0.25) is 0 Å². The monoisotopic (exact) mass is 162 g/mol. The van der Waals surface area contributed by atoms with Crippen LogP contribution in [0.4, 0.5) is 0 Å². The third-order valence-electron chi connectivity index (χ3n) is 1.32. The van der Waals surface area contributed by atoms with Gasteiger partial charge in [0.05, 0.1) is 5.92 Å². The second kappa shape index (κ2) is 5.59. The Morgan fingerprint density at radius 1 is 1.70 bits per heavy atom. The molecular weight excluding hydrogens is 148 g/mol. The quantitative estimate of drug-likeness (QED) is 0.627. The largest absolute Gasteiger partial charge is 0.481 e. The topological polar surface area (TPSA) is 37.3 Å². The highest BCUT2D eigenvalue weighted by molar-refractivity contribution is 7.99. The van der Waals surface area contributed by atoms with E-state index in [1.165, 1.54) is 0 Å². The zero-order valence-corrected chi connectivity index (χ0v) is 7.28. The highest BCUT2D eigenvalue weighted by atomic mass is 32.2. The Labute approximate surface area is 66.0 Å². The van der Waals surface area contributed by atoms with Gasteiger partial charge < -0.3 is 5.11 Å². The second-order valence-corrected chi connectivity index (χ2v) is 3.62. The minimum atomic E-state index is -0.684. The smallest absolute Gasteiger partial charge is 0.306 e. The third-order valence-corrected chi connectivity index (χ3v) is 2.25. The summed E-state index contributed by atoms with van der Waals surface area (Å²) in [7, 11) is 0. The fourth-order valence-electron chi connectivity index (χ4n) is 0.528. The van der Waals surface area contributed by atoms with Gasteiger partial charge in [-0.2, -0.15) is 11.8 Å². The number of aliphatic carboxylic acids is 1. The first-order valence-electron chi connectivity index (χ1n) is 3.49. The molecule has 0 bridgehead atoms. The summed E-state index contributed by atoms with van der Waals surface area (Å²) in [5, 5.41) is 8.47. The molecular formula is C7H14O2S. The van der Waals surface area contributed by atoms with Gasteiger partial charge in [-0.3, -0.25) is 4.79 Å². The average Bonchev–Trinajstić information content (AvgIpc) is 1.88. The Balaban J connectivity index is 3.21. The molecule has 1 N–H and O–H groups in total. The van der Waals surface area contributed by atoms with Crippen molar-refractivity contribution >= 4 is 17.7 Å². The average molecular weight is 162 g/mol. The van der Waals surface area contributed by atoms with Gasteiger partial charge in [-0.15, -0.1) is 0 Å².